The molecule has 124 valence electrons. The lowest BCUT2D eigenvalue weighted by atomic mass is 10.1. The quantitative estimate of drug-likeness (QED) is 0.671. The van der Waals surface area contributed by atoms with Crippen LogP contribution in [0.5, 0.6) is 0 Å². The maximum absolute atomic E-state index is 14.5. The van der Waals surface area contributed by atoms with E-state index in [1.807, 2.05) is 4.98 Å². The van der Waals surface area contributed by atoms with Crippen LogP contribution in [0, 0.1) is 6.92 Å². The third kappa shape index (κ3) is 3.27. The van der Waals surface area contributed by atoms with E-state index in [0.717, 1.165) is 6.20 Å². The Bertz CT molecular complexity index is 655. The minimum atomic E-state index is -2.20. The lowest BCUT2D eigenvalue weighted by Crippen LogP contribution is -2.55. The Hall–Kier alpha value is -1.55. The summed E-state index contributed by atoms with van der Waals surface area (Å²) in [7, 11) is 0. The maximum atomic E-state index is 14.5. The van der Waals surface area contributed by atoms with Crippen molar-refractivity contribution in [3.63, 3.8) is 0 Å². The van der Waals surface area contributed by atoms with Gasteiger partial charge in [-0.05, 0) is 20.8 Å². The predicted molar refractivity (Wildman–Crippen MR) is 73.1 cm³/mol. The van der Waals surface area contributed by atoms with Gasteiger partial charge in [0, 0.05) is 11.8 Å². The fraction of sp³-hybridized carbons (Fsp3) is 0.692. The molecule has 2 heterocycles. The Kier molecular flexibility index (Phi) is 4.52. The zero-order valence-electron chi connectivity index (χ0n) is 12.4. The maximum Gasteiger partial charge on any atom is 0.330 e. The first kappa shape index (κ1) is 16.8. The minimum absolute atomic E-state index is 0.114. The molecule has 0 saturated carbocycles. The van der Waals surface area contributed by atoms with Crippen LogP contribution < -0.4 is 11.2 Å². The number of aromatic amines is 1. The highest BCUT2D eigenvalue weighted by Crippen LogP contribution is 2.28. The van der Waals surface area contributed by atoms with Crippen molar-refractivity contribution in [2.75, 3.05) is 6.61 Å². The van der Waals surface area contributed by atoms with Gasteiger partial charge in [-0.3, -0.25) is 14.3 Å². The number of nitrogens with one attached hydrogen (secondary N) is 1. The number of aromatic nitrogens is 2. The van der Waals surface area contributed by atoms with Gasteiger partial charge in [-0.2, -0.15) is 0 Å². The zero-order chi connectivity index (χ0) is 16.7. The molecule has 0 unspecified atom stereocenters. The Labute approximate surface area is 125 Å². The summed E-state index contributed by atoms with van der Waals surface area (Å²) in [5.41, 5.74) is -1.52. The number of hydrogen-bond acceptors (Lipinski definition) is 6. The van der Waals surface area contributed by atoms with E-state index in [0.29, 0.717) is 4.57 Å². The van der Waals surface area contributed by atoms with Gasteiger partial charge >= 0.3 is 5.69 Å². The summed E-state index contributed by atoms with van der Waals surface area (Å²) in [5.74, 6) is -1.10. The van der Waals surface area contributed by atoms with Crippen LogP contribution in [0.25, 0.3) is 0 Å². The van der Waals surface area contributed by atoms with E-state index in [1.165, 1.54) is 6.92 Å². The minimum Gasteiger partial charge on any atom is -0.388 e. The van der Waals surface area contributed by atoms with Crippen molar-refractivity contribution < 1.29 is 24.1 Å². The second-order valence-corrected chi connectivity index (χ2v) is 5.70. The smallest absolute Gasteiger partial charge is 0.330 e. The van der Waals surface area contributed by atoms with Crippen molar-refractivity contribution in [1.29, 1.82) is 0 Å². The predicted octanol–water partition coefficient (Wildman–Crippen LogP) is -0.814. The molecule has 0 radical (unpaired) electrons. The number of rotatable bonds is 3. The molecule has 1 aromatic rings. The summed E-state index contributed by atoms with van der Waals surface area (Å²) in [5, 5.41) is 19.9. The number of aliphatic hydroxyl groups is 2. The van der Waals surface area contributed by atoms with Crippen molar-refractivity contribution >= 4 is 0 Å². The fourth-order valence-corrected chi connectivity index (χ4v) is 2.21. The topological polar surface area (TPSA) is 114 Å². The van der Waals surface area contributed by atoms with Gasteiger partial charge in [-0.25, -0.2) is 9.18 Å². The summed E-state index contributed by atoms with van der Waals surface area (Å²) in [6, 6.07) is 0. The summed E-state index contributed by atoms with van der Waals surface area (Å²) in [4.78, 5) is 24.9. The molecule has 22 heavy (non-hydrogen) atoms. The van der Waals surface area contributed by atoms with Gasteiger partial charge in [-0.15, -0.1) is 0 Å². The first-order valence-electron chi connectivity index (χ1n) is 6.76. The SMILES string of the molecule is Cc1cn([C@H](F)[C@H](O)[C@@H]2OC(C)(C)OC[C@H]2O)c(=O)[nH]c1=O. The number of ether oxygens (including phenoxy) is 2. The van der Waals surface area contributed by atoms with Gasteiger partial charge in [0.15, 0.2) is 5.79 Å². The Morgan fingerprint density at radius 3 is 2.77 bits per heavy atom. The largest absolute Gasteiger partial charge is 0.388 e. The fourth-order valence-electron chi connectivity index (χ4n) is 2.21. The number of hydrogen-bond donors (Lipinski definition) is 3. The average Bonchev–Trinajstić information content (AvgIpc) is 2.44. The molecule has 1 aromatic heterocycles. The van der Waals surface area contributed by atoms with Crippen molar-refractivity contribution in [2.45, 2.75) is 51.2 Å². The van der Waals surface area contributed by atoms with Gasteiger partial charge < -0.3 is 19.7 Å². The van der Waals surface area contributed by atoms with E-state index < -0.39 is 41.6 Å². The van der Waals surface area contributed by atoms with Gasteiger partial charge in [0.2, 0.25) is 6.30 Å². The summed E-state index contributed by atoms with van der Waals surface area (Å²) in [6.07, 6.45) is -5.54. The van der Waals surface area contributed by atoms with E-state index in [4.69, 9.17) is 9.47 Å². The van der Waals surface area contributed by atoms with Crippen molar-refractivity contribution in [3.8, 4) is 0 Å². The molecule has 1 aliphatic rings. The summed E-state index contributed by atoms with van der Waals surface area (Å²) in [6.45, 7) is 4.38. The summed E-state index contributed by atoms with van der Waals surface area (Å²) >= 11 is 0. The van der Waals surface area contributed by atoms with Crippen molar-refractivity contribution in [1.82, 2.24) is 9.55 Å². The highest BCUT2D eigenvalue weighted by Gasteiger charge is 2.43. The molecule has 1 fully saturated rings. The highest BCUT2D eigenvalue weighted by molar-refractivity contribution is 5.02. The molecule has 0 bridgehead atoms. The monoisotopic (exact) mass is 318 g/mol. The Balaban J connectivity index is 2.28. The third-order valence-corrected chi connectivity index (χ3v) is 3.43. The highest BCUT2D eigenvalue weighted by atomic mass is 19.1. The number of halogens is 1. The van der Waals surface area contributed by atoms with Crippen LogP contribution in [-0.4, -0.2) is 50.5 Å². The second-order valence-electron chi connectivity index (χ2n) is 5.70. The van der Waals surface area contributed by atoms with E-state index in [1.54, 1.807) is 13.8 Å². The van der Waals surface area contributed by atoms with Crippen LogP contribution in [0.2, 0.25) is 0 Å². The Morgan fingerprint density at radius 1 is 1.50 bits per heavy atom. The molecule has 8 nitrogen and oxygen atoms in total. The first-order chi connectivity index (χ1) is 10.1. The van der Waals surface area contributed by atoms with E-state index in [2.05, 4.69) is 0 Å². The molecule has 1 saturated heterocycles. The number of aliphatic hydroxyl groups excluding tert-OH is 2. The van der Waals surface area contributed by atoms with Gasteiger partial charge in [0.25, 0.3) is 5.56 Å². The molecule has 4 atom stereocenters. The third-order valence-electron chi connectivity index (χ3n) is 3.43. The van der Waals surface area contributed by atoms with Crippen LogP contribution in [-0.2, 0) is 9.47 Å². The molecule has 0 aromatic carbocycles. The number of aryl methyl sites for hydroxylation is 1. The lowest BCUT2D eigenvalue weighted by molar-refractivity contribution is -0.324. The molecule has 0 amide bonds. The van der Waals surface area contributed by atoms with Crippen molar-refractivity contribution in [3.05, 3.63) is 32.6 Å². The van der Waals surface area contributed by atoms with Gasteiger partial charge in [0.05, 0.1) is 6.61 Å². The molecule has 1 aliphatic heterocycles. The van der Waals surface area contributed by atoms with Gasteiger partial charge in [-0.1, -0.05) is 0 Å². The van der Waals surface area contributed by atoms with Crippen LogP contribution in [0.4, 0.5) is 4.39 Å². The summed E-state index contributed by atoms with van der Waals surface area (Å²) < 4.78 is 25.5. The van der Waals surface area contributed by atoms with Crippen LogP contribution in [0.15, 0.2) is 15.8 Å². The van der Waals surface area contributed by atoms with Crippen LogP contribution >= 0.6 is 0 Å². The van der Waals surface area contributed by atoms with Crippen LogP contribution in [0.1, 0.15) is 25.7 Å². The molecule has 0 spiro atoms. The number of nitrogens with zero attached hydrogens (tertiary/aromatic N) is 1. The molecule has 0 aliphatic carbocycles. The molecular weight excluding hydrogens is 299 g/mol. The standard InChI is InChI=1S/C13H19FN2O6/c1-6-4-16(12(20)15-11(6)19)10(14)8(18)9-7(17)5-21-13(2,3)22-9/h4,7-10,17-18H,5H2,1-3H3,(H,15,19,20)/t7-,8-,9-,10+/m1/s1. The van der Waals surface area contributed by atoms with E-state index >= 15 is 0 Å². The van der Waals surface area contributed by atoms with Crippen LogP contribution in [0.3, 0.4) is 0 Å². The molecule has 9 heteroatoms. The first-order valence-corrected chi connectivity index (χ1v) is 6.76. The lowest BCUT2D eigenvalue weighted by Gasteiger charge is -2.41. The van der Waals surface area contributed by atoms with Gasteiger partial charge in [0.1, 0.15) is 18.3 Å². The normalized spacial score (nSPS) is 27.4. The number of H-pyrrole nitrogens is 1. The molecule has 3 N–H and O–H groups in total. The number of alkyl halides is 1. The Morgan fingerprint density at radius 2 is 2.14 bits per heavy atom. The second kappa shape index (κ2) is 5.92. The van der Waals surface area contributed by atoms with E-state index in [9.17, 15) is 24.2 Å². The van der Waals surface area contributed by atoms with E-state index in [-0.39, 0.29) is 12.2 Å². The zero-order valence-corrected chi connectivity index (χ0v) is 12.4. The molecular formula is C13H19FN2O6. The average molecular weight is 318 g/mol. The van der Waals surface area contributed by atoms with Crippen molar-refractivity contribution in [2.24, 2.45) is 0 Å². The molecule has 2 rings (SSSR count).